The van der Waals surface area contributed by atoms with Crippen LogP contribution in [0.2, 0.25) is 0 Å². The Balaban J connectivity index is 2.49. The SMILES string of the molecule is COCc1c(F)ccc(-c2cc(C(=O)O)[nH]n2)c1F. The quantitative estimate of drug-likeness (QED) is 0.891. The number of ether oxygens (including phenoxy) is 1. The molecule has 0 unspecified atom stereocenters. The number of nitrogens with zero attached hydrogens (tertiary/aromatic N) is 1. The Morgan fingerprint density at radius 2 is 2.21 bits per heavy atom. The van der Waals surface area contributed by atoms with Crippen molar-refractivity contribution in [1.29, 1.82) is 0 Å². The van der Waals surface area contributed by atoms with Crippen LogP contribution < -0.4 is 0 Å². The largest absolute Gasteiger partial charge is 0.477 e. The topological polar surface area (TPSA) is 75.2 Å². The van der Waals surface area contributed by atoms with Gasteiger partial charge in [0.05, 0.1) is 12.3 Å². The third-order valence-corrected chi connectivity index (χ3v) is 2.56. The van der Waals surface area contributed by atoms with E-state index in [9.17, 15) is 13.6 Å². The molecule has 2 rings (SSSR count). The number of aromatic carboxylic acids is 1. The smallest absolute Gasteiger partial charge is 0.353 e. The van der Waals surface area contributed by atoms with Gasteiger partial charge in [-0.25, -0.2) is 13.6 Å². The maximum atomic E-state index is 14.1. The predicted octanol–water partition coefficient (Wildman–Crippen LogP) is 2.20. The first-order valence-corrected chi connectivity index (χ1v) is 5.29. The summed E-state index contributed by atoms with van der Waals surface area (Å²) in [7, 11) is 1.32. The van der Waals surface area contributed by atoms with Crippen molar-refractivity contribution >= 4 is 5.97 Å². The highest BCUT2D eigenvalue weighted by atomic mass is 19.1. The molecular weight excluding hydrogens is 258 g/mol. The molecule has 100 valence electrons. The van der Waals surface area contributed by atoms with Gasteiger partial charge in [0.15, 0.2) is 0 Å². The number of halogens is 2. The van der Waals surface area contributed by atoms with Gasteiger partial charge in [-0.15, -0.1) is 0 Å². The number of hydrogen-bond acceptors (Lipinski definition) is 3. The lowest BCUT2D eigenvalue weighted by molar-refractivity contribution is 0.0690. The van der Waals surface area contributed by atoms with Gasteiger partial charge < -0.3 is 9.84 Å². The molecule has 2 aromatic rings. The van der Waals surface area contributed by atoms with Crippen molar-refractivity contribution in [3.8, 4) is 11.3 Å². The molecule has 7 heteroatoms. The van der Waals surface area contributed by atoms with E-state index < -0.39 is 17.6 Å². The van der Waals surface area contributed by atoms with Gasteiger partial charge in [-0.3, -0.25) is 5.10 Å². The van der Waals surface area contributed by atoms with E-state index in [0.717, 1.165) is 6.07 Å². The minimum absolute atomic E-state index is 0.0113. The Labute approximate surface area is 106 Å². The Kier molecular flexibility index (Phi) is 3.57. The van der Waals surface area contributed by atoms with E-state index in [1.807, 2.05) is 0 Å². The van der Waals surface area contributed by atoms with Gasteiger partial charge in [0.1, 0.15) is 17.3 Å². The molecule has 0 aliphatic heterocycles. The second-order valence-electron chi connectivity index (χ2n) is 3.79. The van der Waals surface area contributed by atoms with E-state index in [1.165, 1.54) is 19.2 Å². The molecule has 19 heavy (non-hydrogen) atoms. The summed E-state index contributed by atoms with van der Waals surface area (Å²) in [6, 6.07) is 3.46. The lowest BCUT2D eigenvalue weighted by Crippen LogP contribution is -2.00. The van der Waals surface area contributed by atoms with Crippen LogP contribution in [0.4, 0.5) is 8.78 Å². The van der Waals surface area contributed by atoms with Crippen molar-refractivity contribution in [2.45, 2.75) is 6.61 Å². The second-order valence-corrected chi connectivity index (χ2v) is 3.79. The van der Waals surface area contributed by atoms with Crippen LogP contribution in [-0.2, 0) is 11.3 Å². The Bertz CT molecular complexity index is 625. The van der Waals surface area contributed by atoms with Crippen molar-refractivity contribution in [1.82, 2.24) is 10.2 Å². The number of aromatic amines is 1. The summed E-state index contributed by atoms with van der Waals surface area (Å²) in [5, 5.41) is 14.7. The zero-order valence-corrected chi connectivity index (χ0v) is 9.91. The van der Waals surface area contributed by atoms with Crippen LogP contribution in [0.1, 0.15) is 16.1 Å². The van der Waals surface area contributed by atoms with Crippen LogP contribution in [0.3, 0.4) is 0 Å². The lowest BCUT2D eigenvalue weighted by atomic mass is 10.1. The molecule has 0 fully saturated rings. The number of carboxylic acids is 1. The number of hydrogen-bond donors (Lipinski definition) is 2. The molecule has 5 nitrogen and oxygen atoms in total. The van der Waals surface area contributed by atoms with Gasteiger partial charge in [-0.1, -0.05) is 0 Å². The van der Waals surface area contributed by atoms with Gasteiger partial charge in [-0.2, -0.15) is 5.10 Å². The van der Waals surface area contributed by atoms with E-state index in [0.29, 0.717) is 0 Å². The number of H-pyrrole nitrogens is 1. The Hall–Kier alpha value is -2.28. The standard InChI is InChI=1S/C12H10F2N2O3/c1-19-5-7-8(13)3-2-6(11(7)14)9-4-10(12(17)18)16-15-9/h2-4H,5H2,1H3,(H,15,16)(H,17,18). The maximum Gasteiger partial charge on any atom is 0.353 e. The van der Waals surface area contributed by atoms with Gasteiger partial charge in [-0.05, 0) is 18.2 Å². The summed E-state index contributed by atoms with van der Waals surface area (Å²) in [5.41, 5.74) is -0.295. The number of aromatic nitrogens is 2. The van der Waals surface area contributed by atoms with Crippen LogP contribution in [0, 0.1) is 11.6 Å². The van der Waals surface area contributed by atoms with Crippen LogP contribution in [0.25, 0.3) is 11.3 Å². The van der Waals surface area contributed by atoms with Gasteiger partial charge in [0, 0.05) is 18.2 Å². The molecule has 1 heterocycles. The molecule has 1 aromatic heterocycles. The van der Waals surface area contributed by atoms with Crippen LogP contribution >= 0.6 is 0 Å². The number of nitrogens with one attached hydrogen (secondary N) is 1. The average molecular weight is 268 g/mol. The van der Waals surface area contributed by atoms with E-state index in [1.54, 1.807) is 0 Å². The number of benzene rings is 1. The third-order valence-electron chi connectivity index (χ3n) is 2.56. The molecule has 0 radical (unpaired) electrons. The summed E-state index contributed by atoms with van der Waals surface area (Å²) < 4.78 is 32.2. The first kappa shape index (κ1) is 13.2. The minimum atomic E-state index is -1.21. The third kappa shape index (κ3) is 2.45. The molecule has 0 bridgehead atoms. The number of methoxy groups -OCH3 is 1. The Morgan fingerprint density at radius 1 is 1.47 bits per heavy atom. The zero-order chi connectivity index (χ0) is 14.0. The molecule has 0 aliphatic carbocycles. The average Bonchev–Trinajstić information content (AvgIpc) is 2.84. The highest BCUT2D eigenvalue weighted by Gasteiger charge is 2.17. The summed E-state index contributed by atoms with van der Waals surface area (Å²) >= 11 is 0. The lowest BCUT2D eigenvalue weighted by Gasteiger charge is -2.07. The number of carbonyl (C=O) groups is 1. The summed E-state index contributed by atoms with van der Waals surface area (Å²) in [6.45, 7) is -0.221. The first-order valence-electron chi connectivity index (χ1n) is 5.29. The molecule has 1 aromatic carbocycles. The molecule has 0 atom stereocenters. The van der Waals surface area contributed by atoms with Crippen molar-refractivity contribution < 1.29 is 23.4 Å². The fraction of sp³-hybridized carbons (Fsp3) is 0.167. The molecular formula is C12H10F2N2O3. The molecule has 0 amide bonds. The van der Waals surface area contributed by atoms with Crippen LogP contribution in [0.5, 0.6) is 0 Å². The molecule has 0 spiro atoms. The first-order chi connectivity index (χ1) is 9.04. The second kappa shape index (κ2) is 5.15. The normalized spacial score (nSPS) is 10.7. The van der Waals surface area contributed by atoms with Crippen molar-refractivity contribution in [3.05, 3.63) is 41.1 Å². The minimum Gasteiger partial charge on any atom is -0.477 e. The van der Waals surface area contributed by atoms with E-state index >= 15 is 0 Å². The fourth-order valence-electron chi connectivity index (χ4n) is 1.64. The summed E-state index contributed by atoms with van der Waals surface area (Å²) in [6.07, 6.45) is 0. The summed E-state index contributed by atoms with van der Waals surface area (Å²) in [4.78, 5) is 10.7. The highest BCUT2D eigenvalue weighted by molar-refractivity contribution is 5.86. The number of rotatable bonds is 4. The van der Waals surface area contributed by atoms with E-state index in [4.69, 9.17) is 9.84 Å². The molecule has 0 saturated heterocycles. The van der Waals surface area contributed by atoms with Gasteiger partial charge in [0.25, 0.3) is 0 Å². The van der Waals surface area contributed by atoms with E-state index in [2.05, 4.69) is 10.2 Å². The fourth-order valence-corrected chi connectivity index (χ4v) is 1.64. The molecule has 2 N–H and O–H groups in total. The molecule has 0 saturated carbocycles. The van der Waals surface area contributed by atoms with Crippen molar-refractivity contribution in [2.24, 2.45) is 0 Å². The highest BCUT2D eigenvalue weighted by Crippen LogP contribution is 2.26. The summed E-state index contributed by atoms with van der Waals surface area (Å²) in [5.74, 6) is -2.75. The maximum absolute atomic E-state index is 14.1. The van der Waals surface area contributed by atoms with Gasteiger partial charge >= 0.3 is 5.97 Å². The Morgan fingerprint density at radius 3 is 2.79 bits per heavy atom. The zero-order valence-electron chi connectivity index (χ0n) is 9.91. The monoisotopic (exact) mass is 268 g/mol. The molecule has 0 aliphatic rings. The predicted molar refractivity (Wildman–Crippen MR) is 61.6 cm³/mol. The van der Waals surface area contributed by atoms with E-state index in [-0.39, 0.29) is 29.1 Å². The van der Waals surface area contributed by atoms with Crippen LogP contribution in [0.15, 0.2) is 18.2 Å². The number of carboxylic acid groups (broad SMARTS) is 1. The van der Waals surface area contributed by atoms with Crippen LogP contribution in [-0.4, -0.2) is 28.4 Å². The van der Waals surface area contributed by atoms with Crippen molar-refractivity contribution in [2.75, 3.05) is 7.11 Å². The van der Waals surface area contributed by atoms with Crippen molar-refractivity contribution in [3.63, 3.8) is 0 Å². The van der Waals surface area contributed by atoms with Gasteiger partial charge in [0.2, 0.25) is 0 Å².